The standard InChI is InChI=1S/C22H25N7O.HI/c1-2-24-22(26-13-16-7-8-25-20(11-16)29-10-9-23-15-29)27-14-17-12-21(30)28-19-6-4-3-5-18(17)19;/h3-11,15,17H,2,12-14H2,1H3,(H,28,30)(H2,24,26,27);1H. The van der Waals surface area contributed by atoms with E-state index in [1.54, 1.807) is 18.7 Å². The number of nitrogens with one attached hydrogen (secondary N) is 3. The molecule has 1 amide bonds. The molecule has 162 valence electrons. The molecular formula is C22H26IN7O. The molecule has 1 aliphatic rings. The maximum absolute atomic E-state index is 12.0. The third-order valence-electron chi connectivity index (χ3n) is 4.97. The summed E-state index contributed by atoms with van der Waals surface area (Å²) in [5, 5.41) is 9.61. The number of halogens is 1. The van der Waals surface area contributed by atoms with Crippen LogP contribution in [0, 0.1) is 0 Å². The molecule has 31 heavy (non-hydrogen) atoms. The van der Waals surface area contributed by atoms with Gasteiger partial charge in [-0.3, -0.25) is 9.36 Å². The number of fused-ring (bicyclic) bond motifs is 1. The summed E-state index contributed by atoms with van der Waals surface area (Å²) in [6.07, 6.45) is 7.54. The second-order valence-electron chi connectivity index (χ2n) is 7.10. The molecule has 1 atom stereocenters. The van der Waals surface area contributed by atoms with Crippen LogP contribution in [0.1, 0.15) is 30.4 Å². The summed E-state index contributed by atoms with van der Waals surface area (Å²) in [6.45, 7) is 3.93. The molecule has 3 heterocycles. The Balaban J connectivity index is 0.00000272. The van der Waals surface area contributed by atoms with E-state index in [-0.39, 0.29) is 35.8 Å². The van der Waals surface area contributed by atoms with Crippen molar-refractivity contribution in [3.63, 3.8) is 0 Å². The number of nitrogens with zero attached hydrogens (tertiary/aromatic N) is 4. The number of amides is 1. The van der Waals surface area contributed by atoms with Crippen LogP contribution in [0.15, 0.2) is 66.3 Å². The lowest BCUT2D eigenvalue weighted by atomic mass is 9.90. The summed E-state index contributed by atoms with van der Waals surface area (Å²) < 4.78 is 1.86. The lowest BCUT2D eigenvalue weighted by Crippen LogP contribution is -2.40. The van der Waals surface area contributed by atoms with Crippen molar-refractivity contribution in [3.05, 3.63) is 72.4 Å². The van der Waals surface area contributed by atoms with Crippen LogP contribution in [0.2, 0.25) is 0 Å². The number of rotatable bonds is 6. The molecule has 8 nitrogen and oxygen atoms in total. The Morgan fingerprint density at radius 1 is 1.26 bits per heavy atom. The summed E-state index contributed by atoms with van der Waals surface area (Å²) >= 11 is 0. The van der Waals surface area contributed by atoms with Gasteiger partial charge in [0.15, 0.2) is 5.96 Å². The molecule has 0 radical (unpaired) electrons. The van der Waals surface area contributed by atoms with Crippen LogP contribution in [0.3, 0.4) is 0 Å². The molecule has 1 aromatic carbocycles. The molecule has 3 N–H and O–H groups in total. The molecular weight excluding hydrogens is 505 g/mol. The number of carbonyl (C=O) groups is 1. The van der Waals surface area contributed by atoms with E-state index in [9.17, 15) is 4.79 Å². The van der Waals surface area contributed by atoms with Gasteiger partial charge in [-0.25, -0.2) is 15.0 Å². The van der Waals surface area contributed by atoms with Crippen LogP contribution < -0.4 is 16.0 Å². The van der Waals surface area contributed by atoms with E-state index in [0.717, 1.165) is 35.1 Å². The minimum atomic E-state index is 0. The highest BCUT2D eigenvalue weighted by atomic mass is 127. The van der Waals surface area contributed by atoms with Gasteiger partial charge in [-0.2, -0.15) is 0 Å². The molecule has 4 rings (SSSR count). The first kappa shape index (κ1) is 22.7. The number of guanidine groups is 1. The van der Waals surface area contributed by atoms with Crippen molar-refractivity contribution in [2.24, 2.45) is 4.99 Å². The summed E-state index contributed by atoms with van der Waals surface area (Å²) in [5.41, 5.74) is 3.10. The zero-order valence-electron chi connectivity index (χ0n) is 17.3. The average molecular weight is 531 g/mol. The molecule has 0 spiro atoms. The van der Waals surface area contributed by atoms with E-state index >= 15 is 0 Å². The Labute approximate surface area is 198 Å². The normalized spacial score (nSPS) is 15.5. The van der Waals surface area contributed by atoms with Crippen molar-refractivity contribution in [2.45, 2.75) is 25.8 Å². The third kappa shape index (κ3) is 5.81. The summed E-state index contributed by atoms with van der Waals surface area (Å²) in [5.74, 6) is 1.68. The van der Waals surface area contributed by atoms with E-state index in [1.807, 2.05) is 48.0 Å². The van der Waals surface area contributed by atoms with Gasteiger partial charge in [0.1, 0.15) is 12.1 Å². The SMILES string of the molecule is CCNC(=NCc1ccnc(-n2ccnc2)c1)NCC1CC(=O)Nc2ccccc21.I. The van der Waals surface area contributed by atoms with Gasteiger partial charge < -0.3 is 16.0 Å². The van der Waals surface area contributed by atoms with Crippen LogP contribution in [-0.2, 0) is 11.3 Å². The van der Waals surface area contributed by atoms with Gasteiger partial charge >= 0.3 is 0 Å². The Morgan fingerprint density at radius 2 is 2.13 bits per heavy atom. The number of aliphatic imine (C=N–C) groups is 1. The first-order valence-electron chi connectivity index (χ1n) is 10.1. The fourth-order valence-electron chi connectivity index (χ4n) is 3.51. The van der Waals surface area contributed by atoms with Gasteiger partial charge in [-0.1, -0.05) is 18.2 Å². The predicted molar refractivity (Wildman–Crippen MR) is 132 cm³/mol. The Hall–Kier alpha value is -2.95. The van der Waals surface area contributed by atoms with Crippen LogP contribution in [-0.4, -0.2) is 39.5 Å². The smallest absolute Gasteiger partial charge is 0.225 e. The van der Waals surface area contributed by atoms with E-state index in [1.165, 1.54) is 0 Å². The van der Waals surface area contributed by atoms with Crippen molar-refractivity contribution in [1.82, 2.24) is 25.2 Å². The molecule has 2 aromatic heterocycles. The summed E-state index contributed by atoms with van der Waals surface area (Å²) in [7, 11) is 0. The largest absolute Gasteiger partial charge is 0.357 e. The van der Waals surface area contributed by atoms with E-state index < -0.39 is 0 Å². The van der Waals surface area contributed by atoms with Gasteiger partial charge in [0.05, 0.1) is 6.54 Å². The Morgan fingerprint density at radius 3 is 2.94 bits per heavy atom. The molecule has 0 bridgehead atoms. The van der Waals surface area contributed by atoms with Crippen molar-refractivity contribution < 1.29 is 4.79 Å². The minimum absolute atomic E-state index is 0. The van der Waals surface area contributed by atoms with Crippen LogP contribution in [0.25, 0.3) is 5.82 Å². The highest BCUT2D eigenvalue weighted by molar-refractivity contribution is 14.0. The van der Waals surface area contributed by atoms with E-state index in [2.05, 4.69) is 32.0 Å². The van der Waals surface area contributed by atoms with E-state index in [4.69, 9.17) is 4.99 Å². The second-order valence-corrected chi connectivity index (χ2v) is 7.10. The van der Waals surface area contributed by atoms with Crippen LogP contribution in [0.5, 0.6) is 0 Å². The highest BCUT2D eigenvalue weighted by Gasteiger charge is 2.24. The van der Waals surface area contributed by atoms with Crippen molar-refractivity contribution in [3.8, 4) is 5.82 Å². The average Bonchev–Trinajstić information content (AvgIpc) is 3.30. The van der Waals surface area contributed by atoms with Gasteiger partial charge in [0.25, 0.3) is 0 Å². The molecule has 3 aromatic rings. The minimum Gasteiger partial charge on any atom is -0.357 e. The molecule has 0 aliphatic carbocycles. The number of imidazole rings is 1. The highest BCUT2D eigenvalue weighted by Crippen LogP contribution is 2.31. The van der Waals surface area contributed by atoms with Gasteiger partial charge in [-0.15, -0.1) is 24.0 Å². The number of hydrogen-bond donors (Lipinski definition) is 3. The number of anilines is 1. The first-order valence-corrected chi connectivity index (χ1v) is 10.1. The molecule has 9 heteroatoms. The maximum Gasteiger partial charge on any atom is 0.225 e. The Bertz CT molecular complexity index is 1040. The molecule has 1 aliphatic heterocycles. The fourth-order valence-corrected chi connectivity index (χ4v) is 3.51. The second kappa shape index (κ2) is 10.9. The quantitative estimate of drug-likeness (QED) is 0.258. The number of carbonyl (C=O) groups excluding carboxylic acids is 1. The topological polar surface area (TPSA) is 96.2 Å². The summed E-state index contributed by atoms with van der Waals surface area (Å²) in [4.78, 5) is 25.2. The maximum atomic E-state index is 12.0. The lowest BCUT2D eigenvalue weighted by Gasteiger charge is -2.26. The van der Waals surface area contributed by atoms with Crippen molar-refractivity contribution in [1.29, 1.82) is 0 Å². The monoisotopic (exact) mass is 531 g/mol. The first-order chi connectivity index (χ1) is 14.7. The molecule has 0 saturated carbocycles. The molecule has 1 unspecified atom stereocenters. The van der Waals surface area contributed by atoms with E-state index in [0.29, 0.717) is 19.5 Å². The number of benzene rings is 1. The van der Waals surface area contributed by atoms with Gasteiger partial charge in [0, 0.05) is 49.7 Å². The zero-order chi connectivity index (χ0) is 20.8. The van der Waals surface area contributed by atoms with Crippen molar-refractivity contribution in [2.75, 3.05) is 18.4 Å². The zero-order valence-corrected chi connectivity index (χ0v) is 19.6. The Kier molecular flexibility index (Phi) is 7.99. The molecule has 0 fully saturated rings. The van der Waals surface area contributed by atoms with Gasteiger partial charge in [0.2, 0.25) is 5.91 Å². The fraction of sp³-hybridized carbons (Fsp3) is 0.273. The molecule has 0 saturated heterocycles. The number of hydrogen-bond acceptors (Lipinski definition) is 4. The summed E-state index contributed by atoms with van der Waals surface area (Å²) in [6, 6.07) is 11.9. The van der Waals surface area contributed by atoms with Crippen LogP contribution >= 0.6 is 24.0 Å². The van der Waals surface area contributed by atoms with Crippen molar-refractivity contribution >= 4 is 41.5 Å². The predicted octanol–water partition coefficient (Wildman–Crippen LogP) is 3.07. The number of aromatic nitrogens is 3. The third-order valence-corrected chi connectivity index (χ3v) is 4.97. The number of para-hydroxylation sites is 1. The van der Waals surface area contributed by atoms with Crippen LogP contribution in [0.4, 0.5) is 5.69 Å². The number of pyridine rings is 1. The van der Waals surface area contributed by atoms with Gasteiger partial charge in [-0.05, 0) is 36.2 Å². The lowest BCUT2D eigenvalue weighted by molar-refractivity contribution is -0.116.